The van der Waals surface area contributed by atoms with Crippen LogP contribution in [0.3, 0.4) is 0 Å². The lowest BCUT2D eigenvalue weighted by atomic mass is 9.92. The van der Waals surface area contributed by atoms with Crippen molar-refractivity contribution in [2.45, 2.75) is 57.6 Å². The van der Waals surface area contributed by atoms with E-state index in [1.165, 1.54) is 6.33 Å². The van der Waals surface area contributed by atoms with Gasteiger partial charge in [-0.1, -0.05) is 0 Å². The molecule has 0 bridgehead atoms. The first-order valence-electron chi connectivity index (χ1n) is 12.4. The van der Waals surface area contributed by atoms with Gasteiger partial charge in [0.15, 0.2) is 5.65 Å². The highest BCUT2D eigenvalue weighted by molar-refractivity contribution is 5.91. The molecule has 3 aromatic heterocycles. The van der Waals surface area contributed by atoms with E-state index in [2.05, 4.69) is 46.5 Å². The van der Waals surface area contributed by atoms with Crippen LogP contribution in [-0.2, 0) is 0 Å². The lowest BCUT2D eigenvalue weighted by molar-refractivity contribution is 0.0405. The summed E-state index contributed by atoms with van der Waals surface area (Å²) in [5.74, 6) is 0.125. The number of nitrogens with zero attached hydrogens (tertiary/aromatic N) is 8. The number of piperidine rings is 1. The predicted molar refractivity (Wildman–Crippen MR) is 132 cm³/mol. The summed E-state index contributed by atoms with van der Waals surface area (Å²) in [6.45, 7) is 6.56. The van der Waals surface area contributed by atoms with Gasteiger partial charge in [0.1, 0.15) is 6.33 Å². The number of ether oxygens (including phenoxy) is 1. The third-order valence-electron chi connectivity index (χ3n) is 7.18. The minimum absolute atomic E-state index is 0.0142. The molecule has 4 heterocycles. The Morgan fingerprint density at radius 1 is 1.35 bits per heavy atom. The van der Waals surface area contributed by atoms with Crippen molar-refractivity contribution in [3.8, 4) is 12.1 Å². The van der Waals surface area contributed by atoms with Crippen LogP contribution in [0.25, 0.3) is 11.0 Å². The van der Waals surface area contributed by atoms with Gasteiger partial charge >= 0.3 is 6.01 Å². The van der Waals surface area contributed by atoms with Gasteiger partial charge in [-0.3, -0.25) is 9.89 Å². The van der Waals surface area contributed by atoms with Crippen LogP contribution < -0.4 is 15.0 Å². The molecule has 13 nitrogen and oxygen atoms in total. The number of nitriles is 1. The van der Waals surface area contributed by atoms with Crippen LogP contribution >= 0.6 is 0 Å². The second-order valence-corrected chi connectivity index (χ2v) is 10.3. The maximum Gasteiger partial charge on any atom is 0.321 e. The first-order valence-corrected chi connectivity index (χ1v) is 12.4. The Morgan fingerprint density at radius 2 is 2.14 bits per heavy atom. The maximum absolute atomic E-state index is 13.0. The number of carbonyl (C=O) groups excluding carboxylic acids is 1. The molecule has 2 aliphatic rings. The van der Waals surface area contributed by atoms with Crippen molar-refractivity contribution in [1.29, 1.82) is 5.26 Å². The molecule has 0 radical (unpaired) electrons. The predicted octanol–water partition coefficient (Wildman–Crippen LogP) is 1.35. The summed E-state index contributed by atoms with van der Waals surface area (Å²) < 4.78 is 5.79. The van der Waals surface area contributed by atoms with Gasteiger partial charge in [0.05, 0.1) is 35.6 Å². The zero-order valence-corrected chi connectivity index (χ0v) is 21.0. The molecule has 1 saturated carbocycles. The smallest absolute Gasteiger partial charge is 0.321 e. The second-order valence-electron chi connectivity index (χ2n) is 10.3. The molecular weight excluding hydrogens is 476 g/mol. The van der Waals surface area contributed by atoms with E-state index in [4.69, 9.17) is 10.00 Å². The molecular formula is C24H30N10O3. The number of hydrogen-bond acceptors (Lipinski definition) is 11. The summed E-state index contributed by atoms with van der Waals surface area (Å²) in [5.41, 5.74) is 0.552. The Bertz CT molecular complexity index is 1320. The average molecular weight is 507 g/mol. The molecule has 0 spiro atoms. The summed E-state index contributed by atoms with van der Waals surface area (Å²) in [4.78, 5) is 36.4. The maximum atomic E-state index is 13.0. The summed E-state index contributed by atoms with van der Waals surface area (Å²) >= 11 is 0. The molecule has 0 aromatic carbocycles. The Labute approximate surface area is 213 Å². The number of anilines is 1. The molecule has 2 fully saturated rings. The molecule has 1 aliphatic carbocycles. The molecule has 13 heteroatoms. The molecule has 1 aliphatic heterocycles. The van der Waals surface area contributed by atoms with Crippen molar-refractivity contribution in [2.24, 2.45) is 11.8 Å². The molecule has 37 heavy (non-hydrogen) atoms. The van der Waals surface area contributed by atoms with E-state index in [1.807, 2.05) is 4.90 Å². The minimum Gasteiger partial charge on any atom is -0.463 e. The largest absolute Gasteiger partial charge is 0.463 e. The van der Waals surface area contributed by atoms with Crippen LogP contribution in [0, 0.1) is 23.2 Å². The van der Waals surface area contributed by atoms with E-state index in [0.717, 1.165) is 30.3 Å². The molecule has 194 valence electrons. The van der Waals surface area contributed by atoms with Crippen LogP contribution in [0.4, 0.5) is 5.95 Å². The number of nitrogens with one attached hydrogen (secondary N) is 2. The van der Waals surface area contributed by atoms with Crippen molar-refractivity contribution in [3.05, 3.63) is 24.0 Å². The number of aliphatic hydroxyl groups is 1. The first-order chi connectivity index (χ1) is 17.7. The number of aromatic amines is 1. The number of carbonyl (C=O) groups is 1. The van der Waals surface area contributed by atoms with Gasteiger partial charge in [-0.25, -0.2) is 9.97 Å². The van der Waals surface area contributed by atoms with Gasteiger partial charge in [-0.05, 0) is 40.0 Å². The summed E-state index contributed by atoms with van der Waals surface area (Å²) in [6.07, 6.45) is 5.68. The summed E-state index contributed by atoms with van der Waals surface area (Å²) in [5, 5.41) is 30.4. The zero-order chi connectivity index (χ0) is 26.2. The summed E-state index contributed by atoms with van der Waals surface area (Å²) in [7, 11) is 0. The number of H-pyrrole nitrogens is 1. The van der Waals surface area contributed by atoms with Crippen LogP contribution in [0.5, 0.6) is 6.01 Å². The van der Waals surface area contributed by atoms with Gasteiger partial charge in [0, 0.05) is 36.8 Å². The Morgan fingerprint density at radius 3 is 2.84 bits per heavy atom. The molecule has 1 saturated heterocycles. The molecule has 3 atom stereocenters. The van der Waals surface area contributed by atoms with E-state index in [1.54, 1.807) is 27.0 Å². The minimum atomic E-state index is -1.12. The fourth-order valence-electron chi connectivity index (χ4n) is 4.32. The molecule has 1 amide bonds. The number of rotatable bonds is 8. The Kier molecular flexibility index (Phi) is 6.59. The third-order valence-corrected chi connectivity index (χ3v) is 7.18. The number of fused-ring (bicyclic) bond motifs is 1. The van der Waals surface area contributed by atoms with Crippen LogP contribution in [0.15, 0.2) is 12.5 Å². The van der Waals surface area contributed by atoms with E-state index in [0.29, 0.717) is 31.3 Å². The topological polar surface area (TPSA) is 179 Å². The zero-order valence-electron chi connectivity index (χ0n) is 21.0. The van der Waals surface area contributed by atoms with Crippen molar-refractivity contribution < 1.29 is 14.6 Å². The molecule has 5 rings (SSSR count). The van der Waals surface area contributed by atoms with Gasteiger partial charge in [-0.15, -0.1) is 0 Å². The van der Waals surface area contributed by atoms with Gasteiger partial charge < -0.3 is 20.1 Å². The molecule has 1 unspecified atom stereocenters. The SMILES string of the molecule is CC(NC(=O)c1nc(OC[C@H]2C[C@H]2C#N)nc(N2CCC(c3[nH]nc4ncncc34)CC2)n1)C(C)(C)O. The first kappa shape index (κ1) is 24.8. The van der Waals surface area contributed by atoms with Crippen LogP contribution in [-0.4, -0.2) is 77.5 Å². The monoisotopic (exact) mass is 506 g/mol. The van der Waals surface area contributed by atoms with Gasteiger partial charge in [0.2, 0.25) is 11.8 Å². The number of aromatic nitrogens is 7. The fraction of sp³-hybridized carbons (Fsp3) is 0.583. The van der Waals surface area contributed by atoms with Gasteiger partial charge in [0.25, 0.3) is 5.91 Å². The lowest BCUT2D eigenvalue weighted by Gasteiger charge is -2.31. The number of hydrogen-bond donors (Lipinski definition) is 3. The van der Waals surface area contributed by atoms with Crippen molar-refractivity contribution >= 4 is 22.9 Å². The van der Waals surface area contributed by atoms with E-state index >= 15 is 0 Å². The Balaban J connectivity index is 1.33. The summed E-state index contributed by atoms with van der Waals surface area (Å²) in [6, 6.07) is 1.75. The molecule has 3 N–H and O–H groups in total. The second kappa shape index (κ2) is 9.85. The quantitative estimate of drug-likeness (QED) is 0.401. The standard InChI is InChI=1S/C24H30N10O3/c1-13(24(2,3)36)28-21(35)20-29-22(31-23(30-20)37-11-16-8-15(16)9-25)34-6-4-14(5-7-34)18-17-10-26-12-27-19(17)33-32-18/h10,12-16,36H,4-8,11H2,1-3H3,(H,28,35)(H,26,27,32,33)/t13?,15-,16+/m0/s1. The highest BCUT2D eigenvalue weighted by Crippen LogP contribution is 2.38. The third kappa shape index (κ3) is 5.43. The fourth-order valence-corrected chi connectivity index (χ4v) is 4.32. The van der Waals surface area contributed by atoms with Crippen LogP contribution in [0.2, 0.25) is 0 Å². The van der Waals surface area contributed by atoms with Crippen molar-refractivity contribution in [3.63, 3.8) is 0 Å². The number of amides is 1. The van der Waals surface area contributed by atoms with Crippen molar-refractivity contribution in [2.75, 3.05) is 24.6 Å². The van der Waals surface area contributed by atoms with Crippen molar-refractivity contribution in [1.82, 2.24) is 40.4 Å². The van der Waals surface area contributed by atoms with Crippen LogP contribution in [0.1, 0.15) is 62.3 Å². The molecule has 3 aromatic rings. The van der Waals surface area contributed by atoms with E-state index < -0.39 is 17.6 Å². The Hall–Kier alpha value is -3.92. The van der Waals surface area contributed by atoms with Gasteiger partial charge in [-0.2, -0.15) is 25.3 Å². The lowest BCUT2D eigenvalue weighted by Crippen LogP contribution is -2.47. The normalized spacial score (nSPS) is 20.9. The van der Waals surface area contributed by atoms with E-state index in [9.17, 15) is 9.90 Å². The highest BCUT2D eigenvalue weighted by Gasteiger charge is 2.38. The highest BCUT2D eigenvalue weighted by atomic mass is 16.5. The average Bonchev–Trinajstić information content (AvgIpc) is 3.53. The van der Waals surface area contributed by atoms with E-state index in [-0.39, 0.29) is 29.6 Å².